The van der Waals surface area contributed by atoms with Crippen molar-refractivity contribution in [3.05, 3.63) is 150 Å². The molecule has 0 bridgehead atoms. The summed E-state index contributed by atoms with van der Waals surface area (Å²) in [5.41, 5.74) is 8.33. The summed E-state index contributed by atoms with van der Waals surface area (Å²) in [6, 6.07) is 46.1. The first-order chi connectivity index (χ1) is 16.9. The third-order valence-corrected chi connectivity index (χ3v) is 7.39. The Bertz CT molecular complexity index is 1580. The normalized spacial score (nSPS) is 16.4. The number of aromatic amines is 1. The van der Waals surface area contributed by atoms with Gasteiger partial charge < -0.3 is 10.3 Å². The van der Waals surface area contributed by atoms with Crippen molar-refractivity contribution in [2.24, 2.45) is 0 Å². The molecule has 0 aliphatic carbocycles. The smallest absolute Gasteiger partial charge is 0.0715 e. The highest BCUT2D eigenvalue weighted by molar-refractivity contribution is 6.09. The molecule has 0 saturated heterocycles. The van der Waals surface area contributed by atoms with Gasteiger partial charge in [-0.2, -0.15) is 0 Å². The molecule has 2 heteroatoms. The molecule has 6 aromatic rings. The van der Waals surface area contributed by atoms with Gasteiger partial charge in [0, 0.05) is 27.5 Å². The minimum atomic E-state index is -0.370. The molecule has 162 valence electrons. The summed E-state index contributed by atoms with van der Waals surface area (Å²) < 4.78 is 0. The maximum absolute atomic E-state index is 3.97. The van der Waals surface area contributed by atoms with E-state index in [9.17, 15) is 0 Å². The van der Waals surface area contributed by atoms with E-state index >= 15 is 0 Å². The van der Waals surface area contributed by atoms with Crippen LogP contribution in [0.1, 0.15) is 28.3 Å². The quantitative estimate of drug-likeness (QED) is 0.291. The molecule has 1 aliphatic heterocycles. The Morgan fingerprint density at radius 2 is 1.12 bits per heavy atom. The largest absolute Gasteiger partial charge is 0.376 e. The molecule has 1 unspecified atom stereocenters. The number of benzene rings is 5. The first kappa shape index (κ1) is 19.2. The molecule has 0 spiro atoms. The van der Waals surface area contributed by atoms with E-state index in [1.54, 1.807) is 0 Å². The molecule has 0 fully saturated rings. The number of fused-ring (bicyclic) bond motifs is 4. The van der Waals surface area contributed by atoms with Crippen LogP contribution in [0.2, 0.25) is 0 Å². The van der Waals surface area contributed by atoms with Gasteiger partial charge in [-0.05, 0) is 40.5 Å². The van der Waals surface area contributed by atoms with Crippen molar-refractivity contribution < 1.29 is 0 Å². The van der Waals surface area contributed by atoms with Crippen molar-refractivity contribution in [3.8, 4) is 0 Å². The van der Waals surface area contributed by atoms with Gasteiger partial charge in [-0.15, -0.1) is 0 Å². The molecule has 1 aromatic heterocycles. The van der Waals surface area contributed by atoms with Crippen molar-refractivity contribution in [3.63, 3.8) is 0 Å². The van der Waals surface area contributed by atoms with Gasteiger partial charge in [0.2, 0.25) is 0 Å². The number of H-pyrrole nitrogens is 1. The zero-order chi connectivity index (χ0) is 22.5. The summed E-state index contributed by atoms with van der Waals surface area (Å²) >= 11 is 0. The van der Waals surface area contributed by atoms with Gasteiger partial charge in [0.15, 0.2) is 0 Å². The molecule has 0 saturated carbocycles. The molecule has 5 aromatic carbocycles. The van der Waals surface area contributed by atoms with Crippen LogP contribution in [0.25, 0.3) is 21.8 Å². The van der Waals surface area contributed by atoms with E-state index in [1.165, 1.54) is 49.7 Å². The number of para-hydroxylation sites is 1. The van der Waals surface area contributed by atoms with Crippen LogP contribution in [0.15, 0.2) is 127 Å². The van der Waals surface area contributed by atoms with E-state index in [0.29, 0.717) is 0 Å². The fourth-order valence-electron chi connectivity index (χ4n) is 5.95. The van der Waals surface area contributed by atoms with E-state index in [4.69, 9.17) is 0 Å². The lowest BCUT2D eigenvalue weighted by molar-refractivity contribution is 0.554. The van der Waals surface area contributed by atoms with Crippen LogP contribution >= 0.6 is 0 Å². The Morgan fingerprint density at radius 3 is 1.79 bits per heavy atom. The average Bonchev–Trinajstić information content (AvgIpc) is 3.44. The number of rotatable bonds is 3. The molecular formula is C32H24N2. The van der Waals surface area contributed by atoms with Crippen LogP contribution in [0.5, 0.6) is 0 Å². The molecule has 1 atom stereocenters. The molecule has 2 heterocycles. The van der Waals surface area contributed by atoms with Crippen molar-refractivity contribution in [1.29, 1.82) is 0 Å². The van der Waals surface area contributed by atoms with Gasteiger partial charge in [-0.1, -0.05) is 109 Å². The first-order valence-electron chi connectivity index (χ1n) is 11.8. The highest BCUT2D eigenvalue weighted by Crippen LogP contribution is 2.57. The fourth-order valence-corrected chi connectivity index (χ4v) is 5.95. The summed E-state index contributed by atoms with van der Waals surface area (Å²) in [5.74, 6) is 0. The molecule has 1 aliphatic rings. The first-order valence-corrected chi connectivity index (χ1v) is 11.8. The average molecular weight is 437 g/mol. The summed E-state index contributed by atoms with van der Waals surface area (Å²) in [4.78, 5) is 3.68. The molecule has 0 radical (unpaired) electrons. The zero-order valence-electron chi connectivity index (χ0n) is 18.7. The monoisotopic (exact) mass is 436 g/mol. The molecule has 2 N–H and O–H groups in total. The Balaban J connectivity index is 1.61. The van der Waals surface area contributed by atoms with Crippen molar-refractivity contribution in [1.82, 2.24) is 4.98 Å². The third kappa shape index (κ3) is 2.63. The van der Waals surface area contributed by atoms with Crippen molar-refractivity contribution in [2.75, 3.05) is 5.32 Å². The minimum absolute atomic E-state index is 0.0614. The Morgan fingerprint density at radius 1 is 0.529 bits per heavy atom. The second-order valence-corrected chi connectivity index (χ2v) is 9.14. The predicted molar refractivity (Wildman–Crippen MR) is 141 cm³/mol. The molecular weight excluding hydrogens is 412 g/mol. The summed E-state index contributed by atoms with van der Waals surface area (Å²) in [6.07, 6.45) is 0. The molecule has 7 rings (SSSR count). The van der Waals surface area contributed by atoms with Crippen LogP contribution in [0.3, 0.4) is 0 Å². The van der Waals surface area contributed by atoms with E-state index in [2.05, 4.69) is 138 Å². The van der Waals surface area contributed by atoms with Gasteiger partial charge in [0.05, 0.1) is 11.5 Å². The minimum Gasteiger partial charge on any atom is -0.376 e. The summed E-state index contributed by atoms with van der Waals surface area (Å²) in [5, 5.41) is 6.49. The second-order valence-electron chi connectivity index (χ2n) is 9.14. The van der Waals surface area contributed by atoms with Gasteiger partial charge in [0.1, 0.15) is 0 Å². The Labute approximate surface area is 198 Å². The van der Waals surface area contributed by atoms with Crippen LogP contribution in [-0.4, -0.2) is 4.98 Å². The summed E-state index contributed by atoms with van der Waals surface area (Å²) in [6.45, 7) is 0. The maximum atomic E-state index is 3.97. The van der Waals surface area contributed by atoms with Crippen LogP contribution in [-0.2, 0) is 5.41 Å². The van der Waals surface area contributed by atoms with E-state index in [-0.39, 0.29) is 11.5 Å². The number of hydrogen-bond donors (Lipinski definition) is 2. The second kappa shape index (κ2) is 7.36. The number of aromatic nitrogens is 1. The molecule has 2 nitrogen and oxygen atoms in total. The van der Waals surface area contributed by atoms with Crippen molar-refractivity contribution >= 4 is 27.5 Å². The number of nitrogens with one attached hydrogen (secondary N) is 2. The summed E-state index contributed by atoms with van der Waals surface area (Å²) in [7, 11) is 0. The SMILES string of the molecule is c1ccc(C2Nc3cc4c(cc3C2(c2ccccc2)c2ccccc2)[nH]c2ccccc24)cc1. The Kier molecular flexibility index (Phi) is 4.16. The van der Waals surface area contributed by atoms with E-state index in [1.807, 2.05) is 0 Å². The standard InChI is InChI=1S/C32H24N2/c1-4-12-22(13-5-1)31-32(23-14-6-2-7-15-23,24-16-8-3-9-17-24)27-21-29-26(20-30(27)34-31)25-18-10-11-19-28(25)33-29/h1-21,31,33-34H. The lowest BCUT2D eigenvalue weighted by Gasteiger charge is -2.37. The van der Waals surface area contributed by atoms with Gasteiger partial charge in [-0.3, -0.25) is 0 Å². The van der Waals surface area contributed by atoms with Gasteiger partial charge in [-0.25, -0.2) is 0 Å². The molecule has 34 heavy (non-hydrogen) atoms. The topological polar surface area (TPSA) is 27.8 Å². The lowest BCUT2D eigenvalue weighted by Crippen LogP contribution is -2.35. The lowest BCUT2D eigenvalue weighted by atomic mass is 9.65. The van der Waals surface area contributed by atoms with Crippen molar-refractivity contribution in [2.45, 2.75) is 11.5 Å². The molecule has 0 amide bonds. The van der Waals surface area contributed by atoms with Crippen LogP contribution < -0.4 is 5.32 Å². The fraction of sp³-hybridized carbons (Fsp3) is 0.0625. The van der Waals surface area contributed by atoms with E-state index in [0.717, 1.165) is 0 Å². The van der Waals surface area contributed by atoms with Gasteiger partial charge >= 0.3 is 0 Å². The zero-order valence-corrected chi connectivity index (χ0v) is 18.7. The number of anilines is 1. The van der Waals surface area contributed by atoms with E-state index < -0.39 is 0 Å². The highest BCUT2D eigenvalue weighted by Gasteiger charge is 2.50. The third-order valence-electron chi connectivity index (χ3n) is 7.39. The van der Waals surface area contributed by atoms with Crippen LogP contribution in [0.4, 0.5) is 5.69 Å². The highest BCUT2D eigenvalue weighted by atomic mass is 15.0. The van der Waals surface area contributed by atoms with Crippen LogP contribution in [0, 0.1) is 0 Å². The van der Waals surface area contributed by atoms with Gasteiger partial charge in [0.25, 0.3) is 0 Å². The predicted octanol–water partition coefficient (Wildman–Crippen LogP) is 7.82. The Hall–Kier alpha value is -4.30. The maximum Gasteiger partial charge on any atom is 0.0715 e. The number of hydrogen-bond acceptors (Lipinski definition) is 1.